The average molecular weight is 320 g/mol. The molecule has 22 heavy (non-hydrogen) atoms. The van der Waals surface area contributed by atoms with Crippen LogP contribution in [-0.4, -0.2) is 24.2 Å². The maximum absolute atomic E-state index is 13.3. The molecule has 1 N–H and O–H groups in total. The van der Waals surface area contributed by atoms with E-state index in [0.29, 0.717) is 11.3 Å². The van der Waals surface area contributed by atoms with Crippen molar-refractivity contribution in [3.8, 4) is 0 Å². The van der Waals surface area contributed by atoms with Crippen molar-refractivity contribution in [1.29, 1.82) is 0 Å². The lowest BCUT2D eigenvalue weighted by Crippen LogP contribution is -2.02. The first-order valence-corrected chi connectivity index (χ1v) is 8.01. The lowest BCUT2D eigenvalue weighted by atomic mass is 10.3. The van der Waals surface area contributed by atoms with Crippen molar-refractivity contribution < 1.29 is 9.50 Å². The van der Waals surface area contributed by atoms with Crippen molar-refractivity contribution in [2.45, 2.75) is 31.0 Å². The number of thioether (sulfide) groups is 1. The molecular formula is C15H17FN4OS. The zero-order valence-corrected chi connectivity index (χ0v) is 13.3. The lowest BCUT2D eigenvalue weighted by Gasteiger charge is -2.06. The smallest absolute Gasteiger partial charge is 0.168 e. The maximum Gasteiger partial charge on any atom is 0.168 e. The van der Waals surface area contributed by atoms with Crippen molar-refractivity contribution in [2.75, 3.05) is 0 Å². The van der Waals surface area contributed by atoms with Crippen LogP contribution in [0.3, 0.4) is 0 Å². The van der Waals surface area contributed by atoms with Gasteiger partial charge in [-0.2, -0.15) is 0 Å². The van der Waals surface area contributed by atoms with E-state index in [2.05, 4.69) is 14.5 Å². The van der Waals surface area contributed by atoms with Crippen molar-refractivity contribution in [3.63, 3.8) is 0 Å². The first kappa shape index (κ1) is 15.1. The van der Waals surface area contributed by atoms with Crippen molar-refractivity contribution in [3.05, 3.63) is 41.7 Å². The van der Waals surface area contributed by atoms with Crippen LogP contribution in [0.2, 0.25) is 0 Å². The van der Waals surface area contributed by atoms with Crippen LogP contribution in [0.5, 0.6) is 0 Å². The van der Waals surface area contributed by atoms with E-state index in [0.717, 1.165) is 28.7 Å². The van der Waals surface area contributed by atoms with Crippen LogP contribution in [0.1, 0.15) is 18.4 Å². The number of aromatic nitrogens is 4. The average Bonchev–Trinajstić information content (AvgIpc) is 3.04. The van der Waals surface area contributed by atoms with Gasteiger partial charge in [-0.25, -0.2) is 14.4 Å². The predicted octanol–water partition coefficient (Wildman–Crippen LogP) is 2.71. The molecule has 0 unspecified atom stereocenters. The molecule has 0 radical (unpaired) electrons. The Balaban J connectivity index is 1.88. The van der Waals surface area contributed by atoms with Gasteiger partial charge in [-0.1, -0.05) is 11.8 Å². The number of aryl methyl sites for hydroxylation is 1. The zero-order chi connectivity index (χ0) is 15.7. The fourth-order valence-electron chi connectivity index (χ4n) is 2.45. The molecule has 0 aliphatic carbocycles. The molecule has 0 aliphatic rings. The number of hydrogen-bond donors (Lipinski definition) is 1. The molecule has 0 amide bonds. The largest absolute Gasteiger partial charge is 0.390 e. The first-order valence-electron chi connectivity index (χ1n) is 7.03. The third-order valence-electron chi connectivity index (χ3n) is 3.64. The quantitative estimate of drug-likeness (QED) is 0.735. The standard InChI is InChI=1S/C15H17FN4OS/c1-3-20-13-5-4-10(16)6-12(13)18-14(20)9-22-15-17-7-11(8-21)19(15)2/h4-7,21H,3,8-9H2,1-2H3. The Kier molecular flexibility index (Phi) is 4.17. The highest BCUT2D eigenvalue weighted by Gasteiger charge is 2.13. The minimum atomic E-state index is -0.274. The molecule has 0 spiro atoms. The summed E-state index contributed by atoms with van der Waals surface area (Å²) in [5, 5.41) is 10.0. The lowest BCUT2D eigenvalue weighted by molar-refractivity contribution is 0.271. The molecule has 3 aromatic rings. The molecule has 116 valence electrons. The van der Waals surface area contributed by atoms with Crippen LogP contribution in [0, 0.1) is 5.82 Å². The van der Waals surface area contributed by atoms with E-state index >= 15 is 0 Å². The van der Waals surface area contributed by atoms with Gasteiger partial charge in [-0.15, -0.1) is 0 Å². The number of aliphatic hydroxyl groups is 1. The van der Waals surface area contributed by atoms with Gasteiger partial charge in [0.1, 0.15) is 11.6 Å². The summed E-state index contributed by atoms with van der Waals surface area (Å²) in [5.41, 5.74) is 2.39. The number of fused-ring (bicyclic) bond motifs is 1. The SMILES string of the molecule is CCn1c(CSc2ncc(CO)n2C)nc2cc(F)ccc21. The summed E-state index contributed by atoms with van der Waals surface area (Å²) in [4.78, 5) is 8.83. The van der Waals surface area contributed by atoms with Gasteiger partial charge in [0.05, 0.1) is 35.3 Å². The Bertz CT molecular complexity index is 811. The third-order valence-corrected chi connectivity index (χ3v) is 4.68. The molecule has 7 heteroatoms. The summed E-state index contributed by atoms with van der Waals surface area (Å²) >= 11 is 1.55. The van der Waals surface area contributed by atoms with E-state index in [1.807, 2.05) is 18.5 Å². The fourth-order valence-corrected chi connectivity index (χ4v) is 3.37. The summed E-state index contributed by atoms with van der Waals surface area (Å²) in [6, 6.07) is 4.68. The Morgan fingerprint density at radius 1 is 1.36 bits per heavy atom. The molecule has 2 aromatic heterocycles. The molecule has 0 saturated carbocycles. The van der Waals surface area contributed by atoms with Crippen molar-refractivity contribution in [2.24, 2.45) is 7.05 Å². The van der Waals surface area contributed by atoms with E-state index < -0.39 is 0 Å². The van der Waals surface area contributed by atoms with Gasteiger partial charge in [0.2, 0.25) is 0 Å². The van der Waals surface area contributed by atoms with E-state index in [-0.39, 0.29) is 12.4 Å². The Labute approximate surface area is 131 Å². The molecule has 0 aliphatic heterocycles. The highest BCUT2D eigenvalue weighted by molar-refractivity contribution is 7.98. The second kappa shape index (κ2) is 6.10. The summed E-state index contributed by atoms with van der Waals surface area (Å²) in [5.74, 6) is 1.26. The van der Waals surface area contributed by atoms with Crippen LogP contribution in [0.4, 0.5) is 4.39 Å². The maximum atomic E-state index is 13.3. The fraction of sp³-hybridized carbons (Fsp3) is 0.333. The summed E-state index contributed by atoms with van der Waals surface area (Å²) in [6.45, 7) is 2.79. The molecule has 0 atom stereocenters. The Morgan fingerprint density at radius 3 is 2.86 bits per heavy atom. The van der Waals surface area contributed by atoms with E-state index in [1.165, 1.54) is 12.1 Å². The number of nitrogens with zero attached hydrogens (tertiary/aromatic N) is 4. The van der Waals surface area contributed by atoms with Crippen molar-refractivity contribution >= 4 is 22.8 Å². The molecule has 1 aromatic carbocycles. The number of rotatable bonds is 5. The Morgan fingerprint density at radius 2 is 2.18 bits per heavy atom. The number of aliphatic hydroxyl groups excluding tert-OH is 1. The molecule has 5 nitrogen and oxygen atoms in total. The Hall–Kier alpha value is -1.86. The summed E-state index contributed by atoms with van der Waals surface area (Å²) in [7, 11) is 1.87. The van der Waals surface area contributed by atoms with Gasteiger partial charge in [0.15, 0.2) is 5.16 Å². The molecule has 3 rings (SSSR count). The van der Waals surface area contributed by atoms with Gasteiger partial charge >= 0.3 is 0 Å². The minimum absolute atomic E-state index is 0.0309. The molecule has 2 heterocycles. The number of imidazole rings is 2. The normalized spacial score (nSPS) is 11.5. The zero-order valence-electron chi connectivity index (χ0n) is 12.5. The van der Waals surface area contributed by atoms with Crippen molar-refractivity contribution in [1.82, 2.24) is 19.1 Å². The van der Waals surface area contributed by atoms with Crippen LogP contribution in [-0.2, 0) is 26.0 Å². The van der Waals surface area contributed by atoms with Crippen LogP contribution >= 0.6 is 11.8 Å². The minimum Gasteiger partial charge on any atom is -0.390 e. The molecule has 0 fully saturated rings. The second-order valence-electron chi connectivity index (χ2n) is 4.94. The molecular weight excluding hydrogens is 303 g/mol. The van der Waals surface area contributed by atoms with Gasteiger partial charge in [-0.05, 0) is 19.1 Å². The van der Waals surface area contributed by atoms with E-state index in [9.17, 15) is 9.50 Å². The van der Waals surface area contributed by atoms with Crippen LogP contribution < -0.4 is 0 Å². The number of hydrogen-bond acceptors (Lipinski definition) is 4. The second-order valence-corrected chi connectivity index (χ2v) is 5.89. The highest BCUT2D eigenvalue weighted by atomic mass is 32.2. The predicted molar refractivity (Wildman–Crippen MR) is 84.1 cm³/mol. The summed E-state index contributed by atoms with van der Waals surface area (Å²) in [6.07, 6.45) is 1.67. The van der Waals surface area contributed by atoms with Gasteiger partial charge in [0, 0.05) is 19.7 Å². The van der Waals surface area contributed by atoms with Gasteiger partial charge in [-0.3, -0.25) is 0 Å². The molecule has 0 bridgehead atoms. The highest BCUT2D eigenvalue weighted by Crippen LogP contribution is 2.25. The number of halogens is 1. The van der Waals surface area contributed by atoms with Crippen LogP contribution in [0.15, 0.2) is 29.6 Å². The monoisotopic (exact) mass is 320 g/mol. The summed E-state index contributed by atoms with van der Waals surface area (Å²) < 4.78 is 17.3. The number of benzene rings is 1. The van der Waals surface area contributed by atoms with Gasteiger partial charge in [0.25, 0.3) is 0 Å². The van der Waals surface area contributed by atoms with E-state index in [4.69, 9.17) is 0 Å². The van der Waals surface area contributed by atoms with Gasteiger partial charge < -0.3 is 14.2 Å². The van der Waals surface area contributed by atoms with E-state index in [1.54, 1.807) is 24.0 Å². The third kappa shape index (κ3) is 2.62. The first-order chi connectivity index (χ1) is 10.6. The molecule has 0 saturated heterocycles. The topological polar surface area (TPSA) is 55.9 Å². The van der Waals surface area contributed by atoms with Crippen LogP contribution in [0.25, 0.3) is 11.0 Å².